The minimum atomic E-state index is -0.129. The quantitative estimate of drug-likeness (QED) is 0.316. The molecule has 3 N–H and O–H groups in total. The lowest BCUT2D eigenvalue weighted by Gasteiger charge is -2.21. The molecule has 0 spiro atoms. The fourth-order valence-electron chi connectivity index (χ4n) is 4.02. The van der Waals surface area contributed by atoms with E-state index >= 15 is 0 Å². The molecule has 1 aliphatic heterocycles. The third-order valence-electron chi connectivity index (χ3n) is 5.77. The van der Waals surface area contributed by atoms with Crippen molar-refractivity contribution in [3.8, 4) is 28.4 Å². The van der Waals surface area contributed by atoms with Gasteiger partial charge >= 0.3 is 0 Å². The van der Waals surface area contributed by atoms with E-state index in [2.05, 4.69) is 20.5 Å². The van der Waals surface area contributed by atoms with E-state index in [9.17, 15) is 0 Å². The van der Waals surface area contributed by atoms with Crippen LogP contribution in [0.25, 0.3) is 22.6 Å². The van der Waals surface area contributed by atoms with Crippen LogP contribution in [0.15, 0.2) is 59.3 Å². The van der Waals surface area contributed by atoms with Crippen LogP contribution >= 0.6 is 12.4 Å². The molecule has 4 aromatic rings. The van der Waals surface area contributed by atoms with Crippen molar-refractivity contribution < 1.29 is 9.26 Å². The maximum Gasteiger partial charge on any atom is 0.249 e. The van der Waals surface area contributed by atoms with Crippen molar-refractivity contribution in [2.24, 2.45) is 5.73 Å². The molecule has 1 unspecified atom stereocenters. The fourth-order valence-corrected chi connectivity index (χ4v) is 4.02. The highest BCUT2D eigenvalue weighted by molar-refractivity contribution is 5.85. The molecule has 0 saturated carbocycles. The third-order valence-corrected chi connectivity index (χ3v) is 5.77. The van der Waals surface area contributed by atoms with Gasteiger partial charge < -0.3 is 19.9 Å². The first-order valence-corrected chi connectivity index (χ1v) is 10.7. The molecule has 10 nitrogen and oxygen atoms in total. The lowest BCUT2D eigenvalue weighted by molar-refractivity contribution is 0.283. The second-order valence-corrected chi connectivity index (χ2v) is 7.92. The maximum atomic E-state index is 7.72. The number of benzene rings is 2. The number of hydrogen-bond acceptors (Lipinski definition) is 7. The number of ether oxygens (including phenoxy) is 1. The monoisotopic (exact) mass is 480 g/mol. The van der Waals surface area contributed by atoms with E-state index in [1.54, 1.807) is 16.7 Å². The summed E-state index contributed by atoms with van der Waals surface area (Å²) >= 11 is 0. The van der Waals surface area contributed by atoms with Crippen molar-refractivity contribution in [1.29, 1.82) is 5.41 Å². The molecule has 1 saturated heterocycles. The van der Waals surface area contributed by atoms with Crippen molar-refractivity contribution >= 4 is 18.4 Å². The number of nitrogens with zero attached hydrogens (tertiary/aromatic N) is 6. The molecule has 1 aliphatic rings. The number of likely N-dealkylation sites (tertiary alicyclic amines) is 1. The highest BCUT2D eigenvalue weighted by Crippen LogP contribution is 2.31. The topological polar surface area (TPSA) is 132 Å². The Bertz CT molecular complexity index is 1250. The minimum Gasteiger partial charge on any atom is -0.497 e. The first-order chi connectivity index (χ1) is 16.1. The Kier molecular flexibility index (Phi) is 6.78. The highest BCUT2D eigenvalue weighted by Gasteiger charge is 2.31. The summed E-state index contributed by atoms with van der Waals surface area (Å²) in [4.78, 5) is 6.34. The summed E-state index contributed by atoms with van der Waals surface area (Å²) in [7, 11) is 1.64. The van der Waals surface area contributed by atoms with Gasteiger partial charge in [0.15, 0.2) is 5.96 Å². The Morgan fingerprint density at radius 3 is 2.59 bits per heavy atom. The molecule has 2 aromatic heterocycles. The number of methoxy groups -OCH3 is 1. The number of guanidine groups is 1. The average molecular weight is 481 g/mol. The van der Waals surface area contributed by atoms with Gasteiger partial charge in [-0.25, -0.2) is 4.68 Å². The zero-order valence-corrected chi connectivity index (χ0v) is 19.4. The summed E-state index contributed by atoms with van der Waals surface area (Å²) < 4.78 is 12.5. The van der Waals surface area contributed by atoms with Crippen molar-refractivity contribution in [2.45, 2.75) is 25.4 Å². The molecular formula is C23H25ClN8O2. The summed E-state index contributed by atoms with van der Waals surface area (Å²) in [6.45, 7) is 1.32. The Morgan fingerprint density at radius 1 is 1.15 bits per heavy atom. The van der Waals surface area contributed by atoms with Gasteiger partial charge in [-0.05, 0) is 42.7 Å². The fraction of sp³-hybridized carbons (Fsp3) is 0.261. The first kappa shape index (κ1) is 23.2. The highest BCUT2D eigenvalue weighted by atomic mass is 35.5. The molecule has 0 bridgehead atoms. The Hall–Kier alpha value is -3.92. The summed E-state index contributed by atoms with van der Waals surface area (Å²) in [5.41, 5.74) is 9.40. The van der Waals surface area contributed by atoms with Crippen LogP contribution in [0.5, 0.6) is 5.75 Å². The van der Waals surface area contributed by atoms with Crippen molar-refractivity contribution in [3.05, 3.63) is 66.2 Å². The molecule has 1 atom stereocenters. The van der Waals surface area contributed by atoms with Gasteiger partial charge in [0.25, 0.3) is 0 Å². The number of nitrogens with one attached hydrogen (secondary N) is 1. The Morgan fingerprint density at radius 2 is 1.88 bits per heavy atom. The van der Waals surface area contributed by atoms with Crippen LogP contribution in [-0.4, -0.2) is 49.6 Å². The van der Waals surface area contributed by atoms with Gasteiger partial charge in [0.2, 0.25) is 11.7 Å². The molecule has 2 aromatic carbocycles. The predicted molar refractivity (Wildman–Crippen MR) is 129 cm³/mol. The Labute approximate surface area is 202 Å². The molecule has 176 valence electrons. The van der Waals surface area contributed by atoms with E-state index < -0.39 is 0 Å². The molecule has 1 fully saturated rings. The number of nitrogens with two attached hydrogens (primary N) is 1. The summed E-state index contributed by atoms with van der Waals surface area (Å²) in [6.07, 6.45) is 3.71. The minimum absolute atomic E-state index is 0. The SMILES string of the molecule is COc1ccc(-c2cn(Cc3ccc(-c4noc(C5CCCN5C(=N)N)n4)cc3)nn2)cc1.Cl. The van der Waals surface area contributed by atoms with Crippen LogP contribution in [0.2, 0.25) is 0 Å². The van der Waals surface area contributed by atoms with E-state index in [1.165, 1.54) is 0 Å². The summed E-state index contributed by atoms with van der Waals surface area (Å²) in [6, 6.07) is 15.5. The molecular weight excluding hydrogens is 456 g/mol. The molecule has 3 heterocycles. The standard InChI is InChI=1S/C23H24N8O2.ClH/c1-32-18-10-8-16(9-11-18)19-14-30(29-27-19)13-15-4-6-17(7-5-15)21-26-22(33-28-21)20-3-2-12-31(20)23(24)25;/h4-11,14,20H,2-3,12-13H2,1H3,(H3,24,25);1H. The number of aromatic nitrogens is 5. The van der Waals surface area contributed by atoms with Crippen LogP contribution in [0.3, 0.4) is 0 Å². The average Bonchev–Trinajstić information content (AvgIpc) is 3.60. The van der Waals surface area contributed by atoms with Crippen LogP contribution in [0.4, 0.5) is 0 Å². The van der Waals surface area contributed by atoms with E-state index in [0.717, 1.165) is 47.5 Å². The van der Waals surface area contributed by atoms with E-state index in [4.69, 9.17) is 20.4 Å². The molecule has 5 rings (SSSR count). The predicted octanol–water partition coefficient (Wildman–Crippen LogP) is 3.50. The number of hydrogen-bond donors (Lipinski definition) is 2. The molecule has 34 heavy (non-hydrogen) atoms. The van der Waals surface area contributed by atoms with Gasteiger partial charge in [-0.1, -0.05) is 34.6 Å². The molecule has 0 aliphatic carbocycles. The van der Waals surface area contributed by atoms with Gasteiger partial charge in [-0.3, -0.25) is 5.41 Å². The van der Waals surface area contributed by atoms with Gasteiger partial charge in [-0.15, -0.1) is 17.5 Å². The second kappa shape index (κ2) is 9.92. The van der Waals surface area contributed by atoms with E-state index in [0.29, 0.717) is 18.3 Å². The summed E-state index contributed by atoms with van der Waals surface area (Å²) in [5, 5.41) is 20.4. The smallest absolute Gasteiger partial charge is 0.249 e. The largest absolute Gasteiger partial charge is 0.497 e. The van der Waals surface area contributed by atoms with Crippen LogP contribution in [0, 0.1) is 5.41 Å². The zero-order chi connectivity index (χ0) is 22.8. The molecule has 0 amide bonds. The van der Waals surface area contributed by atoms with Crippen LogP contribution < -0.4 is 10.5 Å². The lowest BCUT2D eigenvalue weighted by atomic mass is 10.1. The summed E-state index contributed by atoms with van der Waals surface area (Å²) in [5.74, 6) is 1.86. The number of halogens is 1. The lowest BCUT2D eigenvalue weighted by Crippen LogP contribution is -2.35. The van der Waals surface area contributed by atoms with Gasteiger partial charge in [0.05, 0.1) is 19.9 Å². The van der Waals surface area contributed by atoms with E-state index in [-0.39, 0.29) is 24.4 Å². The van der Waals surface area contributed by atoms with Crippen molar-refractivity contribution in [1.82, 2.24) is 30.0 Å². The third kappa shape index (κ3) is 4.72. The number of rotatable bonds is 6. The normalized spacial score (nSPS) is 15.2. The first-order valence-electron chi connectivity index (χ1n) is 10.7. The van der Waals surface area contributed by atoms with Crippen LogP contribution in [-0.2, 0) is 6.54 Å². The van der Waals surface area contributed by atoms with E-state index in [1.807, 2.05) is 54.7 Å². The second-order valence-electron chi connectivity index (χ2n) is 7.92. The van der Waals surface area contributed by atoms with Crippen LogP contribution in [0.1, 0.15) is 30.3 Å². The van der Waals surface area contributed by atoms with Crippen molar-refractivity contribution in [2.75, 3.05) is 13.7 Å². The van der Waals surface area contributed by atoms with Gasteiger partial charge in [0.1, 0.15) is 17.5 Å². The maximum absolute atomic E-state index is 7.72. The molecule has 11 heteroatoms. The zero-order valence-electron chi connectivity index (χ0n) is 18.6. The van der Waals surface area contributed by atoms with Crippen molar-refractivity contribution in [3.63, 3.8) is 0 Å². The van der Waals surface area contributed by atoms with Gasteiger partial charge in [0, 0.05) is 17.7 Å². The molecule has 0 radical (unpaired) electrons. The van der Waals surface area contributed by atoms with Gasteiger partial charge in [-0.2, -0.15) is 4.98 Å². The Balaban J connectivity index is 0.00000274.